The van der Waals surface area contributed by atoms with Gasteiger partial charge in [-0.3, -0.25) is 0 Å². The Kier molecular flexibility index (Phi) is 5.07. The number of rotatable bonds is 2. The minimum Gasteiger partial charge on any atom is -0.455 e. The van der Waals surface area contributed by atoms with Gasteiger partial charge in [-0.2, -0.15) is 0 Å². The van der Waals surface area contributed by atoms with Gasteiger partial charge < -0.3 is 4.42 Å². The molecule has 1 spiro atoms. The van der Waals surface area contributed by atoms with Crippen LogP contribution < -0.4 is 0 Å². The average molecular weight is 610 g/mol. The van der Waals surface area contributed by atoms with Gasteiger partial charge in [-0.25, -0.2) is 4.98 Å². The lowest BCUT2D eigenvalue weighted by Crippen LogP contribution is -2.25. The largest absolute Gasteiger partial charge is 0.455 e. The van der Waals surface area contributed by atoms with Crippen LogP contribution in [0.15, 0.2) is 168 Å². The fourth-order valence-corrected chi connectivity index (χ4v) is 8.73. The molecule has 0 fully saturated rings. The van der Waals surface area contributed by atoms with Crippen molar-refractivity contribution in [3.05, 3.63) is 186 Å². The van der Waals surface area contributed by atoms with Crippen molar-refractivity contribution < 1.29 is 4.42 Å². The lowest BCUT2D eigenvalue weighted by Gasteiger charge is -2.30. The van der Waals surface area contributed by atoms with Crippen LogP contribution >= 0.6 is 0 Å². The van der Waals surface area contributed by atoms with Crippen molar-refractivity contribution in [1.29, 1.82) is 0 Å². The summed E-state index contributed by atoms with van der Waals surface area (Å²) in [6.07, 6.45) is 0. The SMILES string of the molecule is c1cc(-c2ccc3ccccc3n2)cc(-c2cccc3c2oc2c4c(ccc23)C2(c3ccccc3-c3ccccc32)c2ccccc2-4)c1. The van der Waals surface area contributed by atoms with E-state index in [1.165, 1.54) is 44.5 Å². The summed E-state index contributed by atoms with van der Waals surface area (Å²) in [7, 11) is 0. The molecule has 0 radical (unpaired) electrons. The lowest BCUT2D eigenvalue weighted by atomic mass is 9.70. The van der Waals surface area contributed by atoms with Gasteiger partial charge in [-0.1, -0.05) is 146 Å². The van der Waals surface area contributed by atoms with Crippen LogP contribution in [-0.4, -0.2) is 4.98 Å². The zero-order valence-corrected chi connectivity index (χ0v) is 25.9. The van der Waals surface area contributed by atoms with Gasteiger partial charge in [-0.05, 0) is 62.7 Å². The fraction of sp³-hybridized carbons (Fsp3) is 0.0217. The van der Waals surface area contributed by atoms with E-state index in [1.807, 2.05) is 6.07 Å². The number of para-hydroxylation sites is 2. The number of hydrogen-bond acceptors (Lipinski definition) is 2. The van der Waals surface area contributed by atoms with Crippen LogP contribution in [0.5, 0.6) is 0 Å². The number of aromatic nitrogens is 1. The second-order valence-electron chi connectivity index (χ2n) is 13.0. The molecule has 9 aromatic rings. The van der Waals surface area contributed by atoms with Crippen LogP contribution in [0.1, 0.15) is 22.3 Å². The van der Waals surface area contributed by atoms with E-state index in [1.54, 1.807) is 0 Å². The van der Waals surface area contributed by atoms with Crippen LogP contribution in [0.4, 0.5) is 0 Å². The van der Waals surface area contributed by atoms with Gasteiger partial charge >= 0.3 is 0 Å². The van der Waals surface area contributed by atoms with E-state index < -0.39 is 5.41 Å². The highest BCUT2D eigenvalue weighted by atomic mass is 16.3. The fourth-order valence-electron chi connectivity index (χ4n) is 8.73. The molecule has 2 heterocycles. The summed E-state index contributed by atoms with van der Waals surface area (Å²) in [5.74, 6) is 0. The summed E-state index contributed by atoms with van der Waals surface area (Å²) in [5.41, 5.74) is 17.1. The predicted octanol–water partition coefficient (Wildman–Crippen LogP) is 11.8. The minimum atomic E-state index is -0.393. The van der Waals surface area contributed by atoms with Crippen LogP contribution in [0, 0.1) is 0 Å². The summed E-state index contributed by atoms with van der Waals surface area (Å²) < 4.78 is 7.10. The number of hydrogen-bond donors (Lipinski definition) is 0. The quantitative estimate of drug-likeness (QED) is 0.195. The first-order valence-corrected chi connectivity index (χ1v) is 16.6. The topological polar surface area (TPSA) is 26.0 Å². The van der Waals surface area contributed by atoms with Crippen molar-refractivity contribution in [2.24, 2.45) is 0 Å². The molecule has 0 saturated heterocycles. The molecule has 222 valence electrons. The van der Waals surface area contributed by atoms with E-state index in [0.29, 0.717) is 0 Å². The second-order valence-corrected chi connectivity index (χ2v) is 13.0. The van der Waals surface area contributed by atoms with Gasteiger partial charge in [0.05, 0.1) is 16.6 Å². The molecule has 7 aromatic carbocycles. The number of benzene rings is 7. The third-order valence-corrected chi connectivity index (χ3v) is 10.7. The molecule has 0 bridgehead atoms. The molecule has 0 N–H and O–H groups in total. The summed E-state index contributed by atoms with van der Waals surface area (Å²) in [6, 6.07) is 59.2. The molecule has 2 heteroatoms. The van der Waals surface area contributed by atoms with Crippen molar-refractivity contribution in [2.45, 2.75) is 5.41 Å². The van der Waals surface area contributed by atoms with Crippen molar-refractivity contribution in [3.8, 4) is 44.6 Å². The molecule has 48 heavy (non-hydrogen) atoms. The van der Waals surface area contributed by atoms with Crippen molar-refractivity contribution in [1.82, 2.24) is 4.98 Å². The summed E-state index contributed by atoms with van der Waals surface area (Å²) in [5, 5.41) is 3.42. The molecule has 2 aromatic heterocycles. The van der Waals surface area contributed by atoms with E-state index in [4.69, 9.17) is 9.40 Å². The van der Waals surface area contributed by atoms with Gasteiger partial charge in [0.2, 0.25) is 0 Å². The van der Waals surface area contributed by atoms with Gasteiger partial charge in [0.15, 0.2) is 0 Å². The highest BCUT2D eigenvalue weighted by molar-refractivity contribution is 6.15. The minimum absolute atomic E-state index is 0.393. The van der Waals surface area contributed by atoms with Gasteiger partial charge in [-0.15, -0.1) is 0 Å². The Morgan fingerprint density at radius 1 is 0.417 bits per heavy atom. The Bertz CT molecular complexity index is 2760. The summed E-state index contributed by atoms with van der Waals surface area (Å²) in [6.45, 7) is 0. The highest BCUT2D eigenvalue weighted by Gasteiger charge is 2.52. The number of pyridine rings is 1. The molecular formula is C46H27NO. The standard InChI is InChI=1S/C46H27NO/c1-8-22-41-28(11-1)23-26-42(47-41)30-13-9-12-29(27-30)31-17-10-18-34-35-24-25-40-43(45(35)48-44(31)34)36-16-4-7-21-39(36)46(40)37-19-5-2-14-32(37)33-15-3-6-20-38(33)46/h1-27H. The Hall–Kier alpha value is -6.25. The Morgan fingerprint density at radius 2 is 1.04 bits per heavy atom. The molecule has 11 rings (SSSR count). The maximum absolute atomic E-state index is 7.10. The average Bonchev–Trinajstić information content (AvgIpc) is 3.79. The first-order chi connectivity index (χ1) is 23.8. The molecular weight excluding hydrogens is 583 g/mol. The maximum Gasteiger partial charge on any atom is 0.143 e. The number of furan rings is 1. The Balaban J connectivity index is 1.16. The third kappa shape index (κ3) is 3.24. The first-order valence-electron chi connectivity index (χ1n) is 16.6. The van der Waals surface area contributed by atoms with E-state index in [-0.39, 0.29) is 0 Å². The highest BCUT2D eigenvalue weighted by Crippen LogP contribution is 2.64. The molecule has 0 atom stereocenters. The normalized spacial score (nSPS) is 13.6. The van der Waals surface area contributed by atoms with Crippen LogP contribution in [0.3, 0.4) is 0 Å². The summed E-state index contributed by atoms with van der Waals surface area (Å²) >= 11 is 0. The number of fused-ring (bicyclic) bond motifs is 15. The smallest absolute Gasteiger partial charge is 0.143 e. The maximum atomic E-state index is 7.10. The van der Waals surface area contributed by atoms with Gasteiger partial charge in [0.1, 0.15) is 11.2 Å². The molecule has 0 saturated carbocycles. The Morgan fingerprint density at radius 3 is 1.85 bits per heavy atom. The van der Waals surface area contributed by atoms with Gasteiger partial charge in [0, 0.05) is 32.8 Å². The summed E-state index contributed by atoms with van der Waals surface area (Å²) in [4.78, 5) is 4.98. The van der Waals surface area contributed by atoms with Crippen molar-refractivity contribution in [3.63, 3.8) is 0 Å². The van der Waals surface area contributed by atoms with Crippen LogP contribution in [0.2, 0.25) is 0 Å². The van der Waals surface area contributed by atoms with E-state index >= 15 is 0 Å². The predicted molar refractivity (Wildman–Crippen MR) is 196 cm³/mol. The molecule has 2 aliphatic rings. The zero-order chi connectivity index (χ0) is 31.4. The van der Waals surface area contributed by atoms with Gasteiger partial charge in [0.25, 0.3) is 0 Å². The number of nitrogens with zero attached hydrogens (tertiary/aromatic N) is 1. The molecule has 2 aliphatic carbocycles. The first kappa shape index (κ1) is 25.9. The second kappa shape index (κ2) is 9.40. The van der Waals surface area contributed by atoms with E-state index in [9.17, 15) is 0 Å². The Labute approximate surface area is 277 Å². The molecule has 0 amide bonds. The lowest BCUT2D eigenvalue weighted by molar-refractivity contribution is 0.670. The zero-order valence-electron chi connectivity index (χ0n) is 25.9. The van der Waals surface area contributed by atoms with Crippen molar-refractivity contribution in [2.75, 3.05) is 0 Å². The van der Waals surface area contributed by atoms with Crippen molar-refractivity contribution >= 4 is 32.8 Å². The van der Waals surface area contributed by atoms with E-state index in [2.05, 4.69) is 158 Å². The van der Waals surface area contributed by atoms with Crippen LogP contribution in [0.25, 0.3) is 77.5 Å². The molecule has 0 unspecified atom stereocenters. The molecule has 2 nitrogen and oxygen atoms in total. The molecule has 0 aliphatic heterocycles. The van der Waals surface area contributed by atoms with Crippen LogP contribution in [-0.2, 0) is 5.41 Å². The third-order valence-electron chi connectivity index (χ3n) is 10.7. The van der Waals surface area contributed by atoms with E-state index in [0.717, 1.165) is 55.2 Å². The monoisotopic (exact) mass is 609 g/mol.